The highest BCUT2D eigenvalue weighted by Crippen LogP contribution is 2.25. The lowest BCUT2D eigenvalue weighted by molar-refractivity contribution is 0.0952. The van der Waals surface area contributed by atoms with E-state index in [0.717, 1.165) is 27.6 Å². The lowest BCUT2D eigenvalue weighted by Gasteiger charge is -2.07. The summed E-state index contributed by atoms with van der Waals surface area (Å²) in [4.78, 5) is 12.3. The number of carbonyl (C=O) groups excluding carboxylic acids is 1. The highest BCUT2D eigenvalue weighted by Gasteiger charge is 2.11. The molecule has 0 aliphatic carbocycles. The number of methoxy groups -OCH3 is 1. The minimum absolute atomic E-state index is 0.0797. The first-order valence-corrected chi connectivity index (χ1v) is 7.79. The van der Waals surface area contributed by atoms with Gasteiger partial charge in [0.15, 0.2) is 0 Å². The van der Waals surface area contributed by atoms with Crippen LogP contribution in [-0.4, -0.2) is 24.3 Å². The molecule has 0 radical (unpaired) electrons. The number of hydrazone groups is 1. The van der Waals surface area contributed by atoms with Gasteiger partial charge in [-0.25, -0.2) is 5.43 Å². The Hall–Kier alpha value is -3.34. The molecule has 0 aliphatic heterocycles. The van der Waals surface area contributed by atoms with Gasteiger partial charge < -0.3 is 9.84 Å². The smallest absolute Gasteiger partial charge is 0.275 e. The van der Waals surface area contributed by atoms with Crippen molar-refractivity contribution in [1.29, 1.82) is 0 Å². The van der Waals surface area contributed by atoms with Crippen molar-refractivity contribution < 1.29 is 14.6 Å². The van der Waals surface area contributed by atoms with Gasteiger partial charge in [-0.1, -0.05) is 36.4 Å². The summed E-state index contributed by atoms with van der Waals surface area (Å²) in [5.74, 6) is 0.200. The molecule has 0 aliphatic rings. The molecular formula is C20H18N2O3. The van der Waals surface area contributed by atoms with Crippen LogP contribution in [0.5, 0.6) is 11.5 Å². The number of carbonyl (C=O) groups is 1. The number of hydrogen-bond donors (Lipinski definition) is 2. The number of hydrogen-bond acceptors (Lipinski definition) is 4. The van der Waals surface area contributed by atoms with Crippen molar-refractivity contribution >= 4 is 22.9 Å². The van der Waals surface area contributed by atoms with Crippen LogP contribution < -0.4 is 10.2 Å². The summed E-state index contributed by atoms with van der Waals surface area (Å²) in [7, 11) is 1.60. The van der Waals surface area contributed by atoms with E-state index in [1.807, 2.05) is 49.4 Å². The third kappa shape index (κ3) is 3.45. The molecule has 2 N–H and O–H groups in total. The standard InChI is InChI=1S/C20H18N2O3/c1-13-16(8-5-9-19(13)25-2)12-21-22-20(24)17-10-14-6-3-4-7-15(14)11-18(17)23/h3-12,23H,1-2H3,(H,22,24)/b21-12+. The monoisotopic (exact) mass is 334 g/mol. The van der Waals surface area contributed by atoms with Gasteiger partial charge in [0.25, 0.3) is 5.91 Å². The van der Waals surface area contributed by atoms with E-state index in [1.165, 1.54) is 0 Å². The second-order valence-electron chi connectivity index (χ2n) is 5.59. The SMILES string of the molecule is COc1cccc(/C=N/NC(=O)c2cc3ccccc3cc2O)c1C. The summed E-state index contributed by atoms with van der Waals surface area (Å²) in [5, 5.41) is 15.8. The molecule has 0 atom stereocenters. The molecule has 0 bridgehead atoms. The normalized spacial score (nSPS) is 11.0. The van der Waals surface area contributed by atoms with Gasteiger partial charge in [-0.15, -0.1) is 0 Å². The van der Waals surface area contributed by atoms with Crippen LogP contribution in [-0.2, 0) is 0 Å². The van der Waals surface area contributed by atoms with Gasteiger partial charge in [0, 0.05) is 5.56 Å². The summed E-state index contributed by atoms with van der Waals surface area (Å²) in [6.45, 7) is 1.91. The number of fused-ring (bicyclic) bond motifs is 1. The maximum absolute atomic E-state index is 12.3. The van der Waals surface area contributed by atoms with Gasteiger partial charge in [0.2, 0.25) is 0 Å². The van der Waals surface area contributed by atoms with E-state index in [4.69, 9.17) is 4.74 Å². The Balaban J connectivity index is 1.80. The number of ether oxygens (including phenoxy) is 1. The summed E-state index contributed by atoms with van der Waals surface area (Å²) in [6, 6.07) is 16.3. The average Bonchev–Trinajstić information content (AvgIpc) is 2.62. The molecule has 5 nitrogen and oxygen atoms in total. The van der Waals surface area contributed by atoms with Gasteiger partial charge in [0.1, 0.15) is 11.5 Å². The topological polar surface area (TPSA) is 70.9 Å². The predicted molar refractivity (Wildman–Crippen MR) is 98.4 cm³/mol. The Bertz CT molecular complexity index is 964. The first-order valence-electron chi connectivity index (χ1n) is 7.79. The van der Waals surface area contributed by atoms with Crippen LogP contribution in [0.2, 0.25) is 0 Å². The quantitative estimate of drug-likeness (QED) is 0.565. The van der Waals surface area contributed by atoms with Crippen molar-refractivity contribution in [1.82, 2.24) is 5.43 Å². The average molecular weight is 334 g/mol. The van der Waals surface area contributed by atoms with Gasteiger partial charge in [-0.3, -0.25) is 4.79 Å². The Morgan fingerprint density at radius 1 is 1.12 bits per heavy atom. The Kier molecular flexibility index (Phi) is 4.66. The number of phenolic OH excluding ortho intramolecular Hbond substituents is 1. The summed E-state index contributed by atoms with van der Waals surface area (Å²) < 4.78 is 5.26. The highest BCUT2D eigenvalue weighted by molar-refractivity contribution is 6.01. The number of rotatable bonds is 4. The molecule has 3 aromatic carbocycles. The van der Waals surface area contributed by atoms with E-state index in [1.54, 1.807) is 25.5 Å². The summed E-state index contributed by atoms with van der Waals surface area (Å²) in [5.41, 5.74) is 4.39. The van der Waals surface area contributed by atoms with Gasteiger partial charge in [-0.2, -0.15) is 5.10 Å². The molecule has 0 heterocycles. The first kappa shape index (κ1) is 16.5. The second-order valence-corrected chi connectivity index (χ2v) is 5.59. The first-order chi connectivity index (χ1) is 12.1. The highest BCUT2D eigenvalue weighted by atomic mass is 16.5. The molecule has 1 amide bonds. The number of amides is 1. The van der Waals surface area contributed by atoms with Crippen LogP contribution in [0.25, 0.3) is 10.8 Å². The molecule has 3 rings (SSSR count). The second kappa shape index (κ2) is 7.05. The fraction of sp³-hybridized carbons (Fsp3) is 0.100. The minimum Gasteiger partial charge on any atom is -0.507 e. The molecule has 0 spiro atoms. The number of aromatic hydroxyl groups is 1. The Morgan fingerprint density at radius 3 is 2.56 bits per heavy atom. The van der Waals surface area contributed by atoms with Crippen LogP contribution in [0.15, 0.2) is 59.7 Å². The molecule has 0 unspecified atom stereocenters. The van der Waals surface area contributed by atoms with Crippen molar-refractivity contribution in [2.24, 2.45) is 5.10 Å². The van der Waals surface area contributed by atoms with Crippen molar-refractivity contribution in [2.45, 2.75) is 6.92 Å². The maximum atomic E-state index is 12.3. The largest absolute Gasteiger partial charge is 0.507 e. The third-order valence-corrected chi connectivity index (χ3v) is 4.02. The van der Waals surface area contributed by atoms with Crippen LogP contribution in [0.4, 0.5) is 0 Å². The van der Waals surface area contributed by atoms with Crippen molar-refractivity contribution in [3.63, 3.8) is 0 Å². The van der Waals surface area contributed by atoms with Crippen LogP contribution >= 0.6 is 0 Å². The number of phenols is 1. The zero-order valence-corrected chi connectivity index (χ0v) is 14.0. The van der Waals surface area contributed by atoms with E-state index < -0.39 is 5.91 Å². The third-order valence-electron chi connectivity index (χ3n) is 4.02. The minimum atomic E-state index is -0.472. The van der Waals surface area contributed by atoms with Gasteiger partial charge >= 0.3 is 0 Å². The molecule has 126 valence electrons. The maximum Gasteiger partial charge on any atom is 0.275 e. The van der Waals surface area contributed by atoms with E-state index in [-0.39, 0.29) is 11.3 Å². The number of nitrogens with zero attached hydrogens (tertiary/aromatic N) is 1. The van der Waals surface area contributed by atoms with E-state index in [2.05, 4.69) is 10.5 Å². The van der Waals surface area contributed by atoms with E-state index >= 15 is 0 Å². The lowest BCUT2D eigenvalue weighted by atomic mass is 10.1. The Morgan fingerprint density at radius 2 is 1.84 bits per heavy atom. The molecule has 0 saturated carbocycles. The fourth-order valence-corrected chi connectivity index (χ4v) is 2.62. The van der Waals surface area contributed by atoms with Gasteiger partial charge in [-0.05, 0) is 41.5 Å². The summed E-state index contributed by atoms with van der Waals surface area (Å²) >= 11 is 0. The molecule has 5 heteroatoms. The van der Waals surface area contributed by atoms with Crippen molar-refractivity contribution in [2.75, 3.05) is 7.11 Å². The Labute approximate surface area is 145 Å². The lowest BCUT2D eigenvalue weighted by Crippen LogP contribution is -2.17. The zero-order chi connectivity index (χ0) is 17.8. The van der Waals surface area contributed by atoms with Crippen molar-refractivity contribution in [3.05, 3.63) is 71.3 Å². The predicted octanol–water partition coefficient (Wildman–Crippen LogP) is 3.63. The number of benzene rings is 3. The van der Waals surface area contributed by atoms with Crippen molar-refractivity contribution in [3.8, 4) is 11.5 Å². The molecule has 0 fully saturated rings. The van der Waals surface area contributed by atoms with Crippen LogP contribution in [0.3, 0.4) is 0 Å². The molecule has 0 saturated heterocycles. The van der Waals surface area contributed by atoms with E-state index in [0.29, 0.717) is 0 Å². The molecule has 25 heavy (non-hydrogen) atoms. The van der Waals surface area contributed by atoms with E-state index in [9.17, 15) is 9.90 Å². The van der Waals surface area contributed by atoms with Crippen LogP contribution in [0.1, 0.15) is 21.5 Å². The number of nitrogens with one attached hydrogen (secondary N) is 1. The molecule has 3 aromatic rings. The summed E-state index contributed by atoms with van der Waals surface area (Å²) in [6.07, 6.45) is 1.55. The fourth-order valence-electron chi connectivity index (χ4n) is 2.62. The zero-order valence-electron chi connectivity index (χ0n) is 14.0. The van der Waals surface area contributed by atoms with Gasteiger partial charge in [0.05, 0.1) is 18.9 Å². The molecule has 0 aromatic heterocycles. The molecular weight excluding hydrogens is 316 g/mol. The van der Waals surface area contributed by atoms with Crippen LogP contribution in [0, 0.1) is 6.92 Å².